The topological polar surface area (TPSA) is 26.3 Å². The van der Waals surface area contributed by atoms with Gasteiger partial charge in [-0.25, -0.2) is 4.39 Å². The van der Waals surface area contributed by atoms with Crippen LogP contribution < -0.4 is 4.74 Å². The second-order valence-electron chi connectivity index (χ2n) is 4.44. The van der Waals surface area contributed by atoms with Crippen molar-refractivity contribution in [3.05, 3.63) is 63.2 Å². The summed E-state index contributed by atoms with van der Waals surface area (Å²) in [6.45, 7) is 0. The predicted octanol–water partition coefficient (Wildman–Crippen LogP) is 5.04. The Morgan fingerprint density at radius 1 is 1.24 bits per heavy atom. The molecule has 0 saturated carbocycles. The lowest BCUT2D eigenvalue weighted by Gasteiger charge is -2.08. The summed E-state index contributed by atoms with van der Waals surface area (Å²) in [4.78, 5) is 13.3. The first-order chi connectivity index (χ1) is 10.1. The first-order valence-corrected chi connectivity index (χ1v) is 7.77. The molecule has 0 spiro atoms. The maximum absolute atomic E-state index is 13.5. The summed E-state index contributed by atoms with van der Waals surface area (Å²) < 4.78 is 20.0. The molecule has 0 fully saturated rings. The van der Waals surface area contributed by atoms with E-state index in [4.69, 9.17) is 4.74 Å². The van der Waals surface area contributed by atoms with Crippen LogP contribution in [0.2, 0.25) is 0 Å². The summed E-state index contributed by atoms with van der Waals surface area (Å²) in [5, 5.41) is 1.02. The van der Waals surface area contributed by atoms with E-state index < -0.39 is 5.82 Å². The summed E-state index contributed by atoms with van der Waals surface area (Å²) in [6.07, 6.45) is 0. The fourth-order valence-corrected chi connectivity index (χ4v) is 3.46. The van der Waals surface area contributed by atoms with Crippen molar-refractivity contribution >= 4 is 43.1 Å². The smallest absolute Gasteiger partial charge is 0.206 e. The Morgan fingerprint density at radius 3 is 2.71 bits per heavy atom. The zero-order chi connectivity index (χ0) is 15.0. The van der Waals surface area contributed by atoms with E-state index in [0.29, 0.717) is 10.4 Å². The van der Waals surface area contributed by atoms with Crippen LogP contribution in [0.4, 0.5) is 4.39 Å². The molecule has 0 bridgehead atoms. The Hall–Kier alpha value is -1.72. The van der Waals surface area contributed by atoms with Gasteiger partial charge in [0.15, 0.2) is 0 Å². The lowest BCUT2D eigenvalue weighted by atomic mass is 10.1. The maximum atomic E-state index is 13.5. The molecular weight excluding hydrogens is 355 g/mol. The molecule has 0 unspecified atom stereocenters. The molecule has 0 saturated heterocycles. The quantitative estimate of drug-likeness (QED) is 0.608. The highest BCUT2D eigenvalue weighted by atomic mass is 79.9. The van der Waals surface area contributed by atoms with Gasteiger partial charge < -0.3 is 4.74 Å². The average molecular weight is 365 g/mol. The van der Waals surface area contributed by atoms with E-state index in [1.165, 1.54) is 30.6 Å². The van der Waals surface area contributed by atoms with Crippen molar-refractivity contribution in [1.29, 1.82) is 0 Å². The van der Waals surface area contributed by atoms with Crippen molar-refractivity contribution in [3.63, 3.8) is 0 Å². The normalized spacial score (nSPS) is 10.8. The first kappa shape index (κ1) is 14.2. The number of hydrogen-bond donors (Lipinski definition) is 0. The molecule has 3 aromatic rings. The largest absolute Gasteiger partial charge is 0.496 e. The number of hydrogen-bond acceptors (Lipinski definition) is 3. The zero-order valence-electron chi connectivity index (χ0n) is 11.0. The minimum Gasteiger partial charge on any atom is -0.496 e. The molecular formula is C16H10BrFO2S. The Labute approximate surface area is 133 Å². The van der Waals surface area contributed by atoms with Gasteiger partial charge in [-0.05, 0) is 39.5 Å². The zero-order valence-corrected chi connectivity index (χ0v) is 13.4. The molecule has 1 heterocycles. The molecule has 0 N–H and O–H groups in total. The number of methoxy groups -OCH3 is 1. The third kappa shape index (κ3) is 2.59. The lowest BCUT2D eigenvalue weighted by molar-refractivity contribution is 0.103. The molecule has 106 valence electrons. The van der Waals surface area contributed by atoms with Crippen LogP contribution in [0.1, 0.15) is 15.2 Å². The number of rotatable bonds is 3. The molecule has 0 radical (unpaired) electrons. The van der Waals surface area contributed by atoms with Crippen LogP contribution in [-0.4, -0.2) is 12.9 Å². The summed E-state index contributed by atoms with van der Waals surface area (Å²) in [5.41, 5.74) is 0.345. The molecule has 0 atom stereocenters. The Morgan fingerprint density at radius 2 is 2.00 bits per heavy atom. The third-order valence-corrected chi connectivity index (χ3v) is 4.86. The predicted molar refractivity (Wildman–Crippen MR) is 85.9 cm³/mol. The third-order valence-electron chi connectivity index (χ3n) is 3.14. The first-order valence-electron chi connectivity index (χ1n) is 6.16. The van der Waals surface area contributed by atoms with Crippen molar-refractivity contribution in [2.24, 2.45) is 0 Å². The molecule has 1 aromatic heterocycles. The number of carbonyl (C=O) groups is 1. The van der Waals surface area contributed by atoms with E-state index in [-0.39, 0.29) is 16.0 Å². The summed E-state index contributed by atoms with van der Waals surface area (Å²) in [6, 6.07) is 12.3. The van der Waals surface area contributed by atoms with Crippen molar-refractivity contribution < 1.29 is 13.9 Å². The number of benzene rings is 2. The van der Waals surface area contributed by atoms with E-state index in [2.05, 4.69) is 15.9 Å². The van der Waals surface area contributed by atoms with Gasteiger partial charge in [-0.15, -0.1) is 11.3 Å². The van der Waals surface area contributed by atoms with Crippen LogP contribution in [-0.2, 0) is 0 Å². The molecule has 3 rings (SSSR count). The molecule has 0 amide bonds. The van der Waals surface area contributed by atoms with Gasteiger partial charge in [-0.1, -0.05) is 18.2 Å². The minimum atomic E-state index is -0.459. The van der Waals surface area contributed by atoms with E-state index in [0.717, 1.165) is 10.1 Å². The molecule has 2 nitrogen and oxygen atoms in total. The van der Waals surface area contributed by atoms with E-state index in [1.807, 2.05) is 30.3 Å². The number of fused-ring (bicyclic) bond motifs is 1. The number of carbonyl (C=O) groups excluding carboxylic acids is 1. The molecule has 5 heteroatoms. The van der Waals surface area contributed by atoms with Crippen LogP contribution in [0.3, 0.4) is 0 Å². The Bertz CT molecular complexity index is 808. The Kier molecular flexibility index (Phi) is 3.78. The fraction of sp³-hybridized carbons (Fsp3) is 0.0625. The highest BCUT2D eigenvalue weighted by Gasteiger charge is 2.19. The van der Waals surface area contributed by atoms with Gasteiger partial charge in [0.05, 0.1) is 22.0 Å². The van der Waals surface area contributed by atoms with Crippen LogP contribution >= 0.6 is 27.3 Å². The number of ether oxygens (including phenoxy) is 1. The van der Waals surface area contributed by atoms with E-state index in [1.54, 1.807) is 0 Å². The fourth-order valence-electron chi connectivity index (χ4n) is 2.10. The second-order valence-corrected chi connectivity index (χ2v) is 6.38. The van der Waals surface area contributed by atoms with Gasteiger partial charge >= 0.3 is 0 Å². The summed E-state index contributed by atoms with van der Waals surface area (Å²) in [7, 11) is 1.42. The lowest BCUT2D eigenvalue weighted by Crippen LogP contribution is -2.03. The standard InChI is InChI=1S/C16H10BrFO2S/c1-20-13-8-12(18)11(17)7-10(13)16(19)15-6-9-4-2-3-5-14(9)21-15/h2-8H,1H3. The van der Waals surface area contributed by atoms with Gasteiger partial charge in [-0.2, -0.15) is 0 Å². The van der Waals surface area contributed by atoms with Gasteiger partial charge in [0, 0.05) is 10.8 Å². The van der Waals surface area contributed by atoms with Crippen LogP contribution in [0, 0.1) is 5.82 Å². The average Bonchev–Trinajstić information content (AvgIpc) is 2.92. The van der Waals surface area contributed by atoms with Crippen molar-refractivity contribution in [1.82, 2.24) is 0 Å². The molecule has 0 aliphatic carbocycles. The summed E-state index contributed by atoms with van der Waals surface area (Å²) >= 11 is 4.52. The van der Waals surface area contributed by atoms with Crippen molar-refractivity contribution in [2.45, 2.75) is 0 Å². The SMILES string of the molecule is COc1cc(F)c(Br)cc1C(=O)c1cc2ccccc2s1. The molecule has 0 aliphatic heterocycles. The molecule has 0 aliphatic rings. The molecule has 21 heavy (non-hydrogen) atoms. The maximum Gasteiger partial charge on any atom is 0.206 e. The highest BCUT2D eigenvalue weighted by molar-refractivity contribution is 9.10. The van der Waals surface area contributed by atoms with Crippen LogP contribution in [0.25, 0.3) is 10.1 Å². The monoisotopic (exact) mass is 364 g/mol. The van der Waals surface area contributed by atoms with Crippen molar-refractivity contribution in [3.8, 4) is 5.75 Å². The van der Waals surface area contributed by atoms with Crippen LogP contribution in [0.15, 0.2) is 46.9 Å². The highest BCUT2D eigenvalue weighted by Crippen LogP contribution is 2.32. The van der Waals surface area contributed by atoms with Crippen LogP contribution in [0.5, 0.6) is 5.75 Å². The number of thiophene rings is 1. The number of ketones is 1. The Balaban J connectivity index is 2.11. The van der Waals surface area contributed by atoms with Gasteiger partial charge in [0.1, 0.15) is 11.6 Å². The van der Waals surface area contributed by atoms with Gasteiger partial charge in [0.2, 0.25) is 5.78 Å². The van der Waals surface area contributed by atoms with E-state index in [9.17, 15) is 9.18 Å². The summed E-state index contributed by atoms with van der Waals surface area (Å²) in [5.74, 6) is -0.397. The number of halogens is 2. The second kappa shape index (κ2) is 5.58. The van der Waals surface area contributed by atoms with Gasteiger partial charge in [-0.3, -0.25) is 4.79 Å². The van der Waals surface area contributed by atoms with Crippen molar-refractivity contribution in [2.75, 3.05) is 7.11 Å². The van der Waals surface area contributed by atoms with Gasteiger partial charge in [0.25, 0.3) is 0 Å². The molecule has 2 aromatic carbocycles. The minimum absolute atomic E-state index is 0.172. The van der Waals surface area contributed by atoms with E-state index >= 15 is 0 Å².